The van der Waals surface area contributed by atoms with E-state index in [-0.39, 0.29) is 5.02 Å². The number of amides is 1. The van der Waals surface area contributed by atoms with Crippen LogP contribution in [-0.2, 0) is 13.2 Å². The second-order valence-corrected chi connectivity index (χ2v) is 4.25. The van der Waals surface area contributed by atoms with Crippen molar-refractivity contribution >= 4 is 23.5 Å². The molecule has 0 saturated carbocycles. The van der Waals surface area contributed by atoms with Gasteiger partial charge in [0.1, 0.15) is 0 Å². The lowest BCUT2D eigenvalue weighted by Gasteiger charge is -2.04. The van der Waals surface area contributed by atoms with Gasteiger partial charge in [0.05, 0.1) is 5.02 Å². The minimum absolute atomic E-state index is 0.0259. The molecule has 0 aromatic carbocycles. The van der Waals surface area contributed by atoms with Gasteiger partial charge in [-0.2, -0.15) is 18.2 Å². The quantitative estimate of drug-likeness (QED) is 0.861. The molecule has 6 nitrogen and oxygen atoms in total. The molecule has 0 fully saturated rings. The predicted octanol–water partition coefficient (Wildman–Crippen LogP) is 2.27. The Hall–Kier alpha value is -2.23. The number of nitrogens with one attached hydrogen (secondary N) is 1. The van der Waals surface area contributed by atoms with Crippen LogP contribution in [-0.4, -0.2) is 25.7 Å². The molecule has 0 spiro atoms. The monoisotopic (exact) mass is 323 g/mol. The van der Waals surface area contributed by atoms with Crippen molar-refractivity contribution in [2.24, 2.45) is 7.05 Å². The van der Waals surface area contributed by atoms with Crippen LogP contribution in [0.15, 0.2) is 12.3 Å². The molecule has 0 atom stereocenters. The number of alkyl halides is 3. The van der Waals surface area contributed by atoms with E-state index >= 15 is 0 Å². The lowest BCUT2D eigenvalue weighted by molar-refractivity contribution is -0.144. The maximum absolute atomic E-state index is 13.5. The SMILES string of the molecule is Cn1nc(C(F)(F)F)nc1NC(=O)c1ncc(Cl)cc1F. The van der Waals surface area contributed by atoms with Crippen molar-refractivity contribution in [3.05, 3.63) is 34.6 Å². The second-order valence-electron chi connectivity index (χ2n) is 3.82. The van der Waals surface area contributed by atoms with Crippen LogP contribution in [0.3, 0.4) is 0 Å². The van der Waals surface area contributed by atoms with Gasteiger partial charge in [0.2, 0.25) is 5.95 Å². The Balaban J connectivity index is 2.26. The van der Waals surface area contributed by atoms with Gasteiger partial charge in [-0.25, -0.2) is 14.1 Å². The number of aromatic nitrogens is 4. The number of rotatable bonds is 2. The van der Waals surface area contributed by atoms with Crippen molar-refractivity contribution in [3.8, 4) is 0 Å². The zero-order valence-electron chi connectivity index (χ0n) is 10.2. The first kappa shape index (κ1) is 15.2. The average Bonchev–Trinajstić information content (AvgIpc) is 2.70. The zero-order chi connectivity index (χ0) is 15.8. The smallest absolute Gasteiger partial charge is 0.289 e. The third kappa shape index (κ3) is 3.27. The zero-order valence-corrected chi connectivity index (χ0v) is 11.0. The number of hydrogen-bond donors (Lipinski definition) is 1. The van der Waals surface area contributed by atoms with Crippen LogP contribution in [0.1, 0.15) is 16.3 Å². The largest absolute Gasteiger partial charge is 0.453 e. The van der Waals surface area contributed by atoms with Crippen LogP contribution >= 0.6 is 11.6 Å². The third-order valence-electron chi connectivity index (χ3n) is 2.26. The van der Waals surface area contributed by atoms with Crippen molar-refractivity contribution in [2.45, 2.75) is 6.18 Å². The Bertz CT molecular complexity index is 699. The van der Waals surface area contributed by atoms with Gasteiger partial charge in [-0.1, -0.05) is 11.6 Å². The second kappa shape index (κ2) is 5.28. The fraction of sp³-hybridized carbons (Fsp3) is 0.200. The van der Waals surface area contributed by atoms with Crippen molar-refractivity contribution in [3.63, 3.8) is 0 Å². The van der Waals surface area contributed by atoms with E-state index in [0.717, 1.165) is 19.3 Å². The highest BCUT2D eigenvalue weighted by Crippen LogP contribution is 2.27. The molecule has 21 heavy (non-hydrogen) atoms. The minimum atomic E-state index is -4.76. The van der Waals surface area contributed by atoms with E-state index in [1.807, 2.05) is 5.32 Å². The van der Waals surface area contributed by atoms with E-state index in [2.05, 4.69) is 15.1 Å². The van der Waals surface area contributed by atoms with Crippen molar-refractivity contribution in [1.29, 1.82) is 0 Å². The highest BCUT2D eigenvalue weighted by Gasteiger charge is 2.37. The number of carbonyl (C=O) groups is 1. The summed E-state index contributed by atoms with van der Waals surface area (Å²) in [6.07, 6.45) is -3.73. The fourth-order valence-corrected chi connectivity index (χ4v) is 1.50. The van der Waals surface area contributed by atoms with Crippen LogP contribution in [0.25, 0.3) is 0 Å². The van der Waals surface area contributed by atoms with E-state index in [4.69, 9.17) is 11.6 Å². The molecule has 1 amide bonds. The number of hydrogen-bond acceptors (Lipinski definition) is 4. The fourth-order valence-electron chi connectivity index (χ4n) is 1.36. The molecule has 0 aliphatic rings. The highest BCUT2D eigenvalue weighted by atomic mass is 35.5. The van der Waals surface area contributed by atoms with Gasteiger partial charge in [-0.15, -0.1) is 5.10 Å². The van der Waals surface area contributed by atoms with Gasteiger partial charge >= 0.3 is 6.18 Å². The molecule has 2 aromatic heterocycles. The van der Waals surface area contributed by atoms with Gasteiger partial charge in [0.15, 0.2) is 11.5 Å². The number of anilines is 1. The first-order valence-electron chi connectivity index (χ1n) is 5.29. The summed E-state index contributed by atoms with van der Waals surface area (Å²) < 4.78 is 51.4. The Morgan fingerprint density at radius 2 is 2.10 bits per heavy atom. The summed E-state index contributed by atoms with van der Waals surface area (Å²) >= 11 is 5.47. The normalized spacial score (nSPS) is 11.5. The summed E-state index contributed by atoms with van der Waals surface area (Å²) in [5.74, 6) is -4.01. The van der Waals surface area contributed by atoms with Gasteiger partial charge < -0.3 is 0 Å². The van der Waals surface area contributed by atoms with Crippen molar-refractivity contribution < 1.29 is 22.4 Å². The molecule has 0 bridgehead atoms. The van der Waals surface area contributed by atoms with Gasteiger partial charge in [0.25, 0.3) is 11.7 Å². The van der Waals surface area contributed by atoms with E-state index in [1.165, 1.54) is 0 Å². The molecular formula is C10H6ClF4N5O. The first-order valence-corrected chi connectivity index (χ1v) is 5.67. The molecule has 112 valence electrons. The molecule has 0 radical (unpaired) electrons. The molecule has 11 heteroatoms. The minimum Gasteiger partial charge on any atom is -0.289 e. The Morgan fingerprint density at radius 1 is 1.43 bits per heavy atom. The maximum atomic E-state index is 13.5. The molecule has 0 unspecified atom stereocenters. The van der Waals surface area contributed by atoms with Gasteiger partial charge in [-0.3, -0.25) is 10.1 Å². The molecule has 2 heterocycles. The Labute approximate surface area is 119 Å². The van der Waals surface area contributed by atoms with E-state index in [0.29, 0.717) is 4.68 Å². The van der Waals surface area contributed by atoms with Gasteiger partial charge in [0, 0.05) is 13.2 Å². The van der Waals surface area contributed by atoms with Crippen molar-refractivity contribution in [1.82, 2.24) is 19.7 Å². The summed E-state index contributed by atoms with van der Waals surface area (Å²) in [6.45, 7) is 0. The molecule has 0 saturated heterocycles. The third-order valence-corrected chi connectivity index (χ3v) is 2.47. The number of carbonyl (C=O) groups excluding carboxylic acids is 1. The number of halogens is 5. The average molecular weight is 324 g/mol. The summed E-state index contributed by atoms with van der Waals surface area (Å²) in [6, 6.07) is 0.848. The van der Waals surface area contributed by atoms with Crippen molar-refractivity contribution in [2.75, 3.05) is 5.32 Å². The number of aryl methyl sites for hydroxylation is 1. The summed E-state index contributed by atoms with van der Waals surface area (Å²) in [5, 5.41) is 5.05. The predicted molar refractivity (Wildman–Crippen MR) is 63.2 cm³/mol. The molecule has 1 N–H and O–H groups in total. The Morgan fingerprint density at radius 3 is 2.62 bits per heavy atom. The van der Waals surface area contributed by atoms with E-state index in [9.17, 15) is 22.4 Å². The summed E-state index contributed by atoms with van der Waals surface area (Å²) in [7, 11) is 1.14. The lowest BCUT2D eigenvalue weighted by atomic mass is 10.3. The molecule has 2 rings (SSSR count). The van der Waals surface area contributed by atoms with Crippen LogP contribution in [0, 0.1) is 5.82 Å². The Kier molecular flexibility index (Phi) is 3.81. The van der Waals surface area contributed by atoms with E-state index < -0.39 is 35.4 Å². The first-order chi connectivity index (χ1) is 9.68. The standard InChI is InChI=1S/C10H6ClF4N5O/c1-20-9(18-8(19-20)10(13,14)15)17-7(21)6-5(12)2-4(11)3-16-6/h2-3H,1H3,(H,17,18,19,21). The molecule has 0 aliphatic carbocycles. The van der Waals surface area contributed by atoms with Crippen LogP contribution in [0.2, 0.25) is 5.02 Å². The van der Waals surface area contributed by atoms with Crippen LogP contribution < -0.4 is 5.32 Å². The molecular weight excluding hydrogens is 318 g/mol. The molecule has 2 aromatic rings. The summed E-state index contributed by atoms with van der Waals surface area (Å²) in [5.41, 5.74) is -0.629. The lowest BCUT2D eigenvalue weighted by Crippen LogP contribution is -2.18. The van der Waals surface area contributed by atoms with E-state index in [1.54, 1.807) is 0 Å². The molecule has 0 aliphatic heterocycles. The maximum Gasteiger partial charge on any atom is 0.453 e. The number of pyridine rings is 1. The topological polar surface area (TPSA) is 72.7 Å². The highest BCUT2D eigenvalue weighted by molar-refractivity contribution is 6.30. The summed E-state index contributed by atoms with van der Waals surface area (Å²) in [4.78, 5) is 18.3. The van der Waals surface area contributed by atoms with Gasteiger partial charge in [-0.05, 0) is 6.07 Å². The van der Waals surface area contributed by atoms with Crippen LogP contribution in [0.5, 0.6) is 0 Å². The number of nitrogens with zero attached hydrogens (tertiary/aromatic N) is 4. The van der Waals surface area contributed by atoms with Crippen LogP contribution in [0.4, 0.5) is 23.5 Å².